The minimum Gasteiger partial charge on any atom is -0.339 e. The molecule has 1 saturated heterocycles. The fraction of sp³-hybridized carbons (Fsp3) is 0.667. The maximum absolute atomic E-state index is 12.8. The van der Waals surface area contributed by atoms with Crippen LogP contribution in [-0.4, -0.2) is 52.3 Å². The zero-order valence-electron chi connectivity index (χ0n) is 16.3. The van der Waals surface area contributed by atoms with Crippen LogP contribution in [0, 0.1) is 18.8 Å². The van der Waals surface area contributed by atoms with E-state index in [1.807, 2.05) is 24.0 Å². The molecule has 2 fully saturated rings. The first-order chi connectivity index (χ1) is 12.5. The van der Waals surface area contributed by atoms with E-state index < -0.39 is 0 Å². The van der Waals surface area contributed by atoms with Crippen molar-refractivity contribution in [1.29, 1.82) is 0 Å². The van der Waals surface area contributed by atoms with Crippen molar-refractivity contribution in [3.63, 3.8) is 0 Å². The molecule has 3 atom stereocenters. The molecule has 0 N–H and O–H groups in total. The monoisotopic (exact) mass is 357 g/mol. The van der Waals surface area contributed by atoms with Crippen molar-refractivity contribution >= 4 is 11.8 Å². The fourth-order valence-corrected chi connectivity index (χ4v) is 4.15. The van der Waals surface area contributed by atoms with Gasteiger partial charge in [-0.25, -0.2) is 0 Å². The molecule has 1 aromatic rings. The number of pyridine rings is 1. The molecule has 0 bridgehead atoms. The summed E-state index contributed by atoms with van der Waals surface area (Å²) in [5, 5.41) is 0. The lowest BCUT2D eigenvalue weighted by molar-refractivity contribution is -0.144. The maximum atomic E-state index is 12.8. The summed E-state index contributed by atoms with van der Waals surface area (Å²) in [6, 6.07) is 4.02. The number of piperazine rings is 1. The van der Waals surface area contributed by atoms with Gasteiger partial charge in [-0.15, -0.1) is 0 Å². The van der Waals surface area contributed by atoms with E-state index in [2.05, 4.69) is 23.7 Å². The average Bonchev–Trinajstić information content (AvgIpc) is 3.43. The molecular formula is C21H31N3O2. The molecular weight excluding hydrogens is 326 g/mol. The third-order valence-corrected chi connectivity index (χ3v) is 5.96. The summed E-state index contributed by atoms with van der Waals surface area (Å²) >= 11 is 0. The number of nitrogens with zero attached hydrogens (tertiary/aromatic N) is 3. The fourth-order valence-electron chi connectivity index (χ4n) is 4.15. The van der Waals surface area contributed by atoms with Crippen molar-refractivity contribution in [2.75, 3.05) is 19.6 Å². The van der Waals surface area contributed by atoms with Crippen molar-refractivity contribution in [3.8, 4) is 0 Å². The third kappa shape index (κ3) is 4.08. The summed E-state index contributed by atoms with van der Waals surface area (Å²) in [6.07, 6.45) is 6.29. The molecule has 0 spiro atoms. The number of carbonyl (C=O) groups is 2. The Hall–Kier alpha value is -1.91. The summed E-state index contributed by atoms with van der Waals surface area (Å²) < 4.78 is 0. The molecule has 142 valence electrons. The van der Waals surface area contributed by atoms with Crippen molar-refractivity contribution in [2.45, 2.75) is 58.9 Å². The van der Waals surface area contributed by atoms with Crippen molar-refractivity contribution < 1.29 is 9.59 Å². The minimum atomic E-state index is 0.146. The van der Waals surface area contributed by atoms with Gasteiger partial charge in [0, 0.05) is 43.5 Å². The lowest BCUT2D eigenvalue weighted by Gasteiger charge is -2.42. The quantitative estimate of drug-likeness (QED) is 0.787. The summed E-state index contributed by atoms with van der Waals surface area (Å²) in [6.45, 7) is 8.24. The average molecular weight is 357 g/mol. The number of amides is 2. The van der Waals surface area contributed by atoms with Gasteiger partial charge in [-0.2, -0.15) is 0 Å². The summed E-state index contributed by atoms with van der Waals surface area (Å²) in [5.74, 6) is 1.29. The van der Waals surface area contributed by atoms with Gasteiger partial charge < -0.3 is 9.80 Å². The van der Waals surface area contributed by atoms with Gasteiger partial charge >= 0.3 is 0 Å². The van der Waals surface area contributed by atoms with E-state index in [1.165, 1.54) is 0 Å². The predicted molar refractivity (Wildman–Crippen MR) is 102 cm³/mol. The van der Waals surface area contributed by atoms with Gasteiger partial charge in [-0.1, -0.05) is 32.8 Å². The number of carbonyl (C=O) groups excluding carboxylic acids is 2. The standard InChI is InChI=1S/C21H31N3O2/c1-4-7-18-14-23(20(25)13-17-8-6-9-22-15(17)3)10-11-24(18)21(26)19-12-16(19)5-2/h6,8-9,16,18-19H,4-5,7,10-14H2,1-3H3/t16-,18?,19-/m1/s1. The van der Waals surface area contributed by atoms with Crippen LogP contribution in [0.25, 0.3) is 0 Å². The normalized spacial score (nSPS) is 25.3. The molecule has 1 aliphatic heterocycles. The van der Waals surface area contributed by atoms with Crippen LogP contribution in [-0.2, 0) is 16.0 Å². The van der Waals surface area contributed by atoms with Crippen LogP contribution in [0.5, 0.6) is 0 Å². The van der Waals surface area contributed by atoms with Crippen LogP contribution in [0.3, 0.4) is 0 Å². The first-order valence-corrected chi connectivity index (χ1v) is 10.0. The van der Waals surface area contributed by atoms with Crippen molar-refractivity contribution in [2.24, 2.45) is 11.8 Å². The Balaban J connectivity index is 1.62. The minimum absolute atomic E-state index is 0.146. The number of rotatable bonds is 6. The lowest BCUT2D eigenvalue weighted by Crippen LogP contribution is -2.57. The Kier molecular flexibility index (Phi) is 5.94. The second-order valence-electron chi connectivity index (χ2n) is 7.75. The van der Waals surface area contributed by atoms with Gasteiger partial charge in [0.25, 0.3) is 0 Å². The zero-order chi connectivity index (χ0) is 18.7. The molecule has 5 heteroatoms. The van der Waals surface area contributed by atoms with E-state index in [1.54, 1.807) is 6.20 Å². The van der Waals surface area contributed by atoms with Crippen LogP contribution in [0.2, 0.25) is 0 Å². The molecule has 0 aromatic carbocycles. The Morgan fingerprint density at radius 2 is 2.08 bits per heavy atom. The van der Waals surface area contributed by atoms with Crippen LogP contribution in [0.1, 0.15) is 50.8 Å². The Morgan fingerprint density at radius 3 is 2.73 bits per heavy atom. The molecule has 0 radical (unpaired) electrons. The van der Waals surface area contributed by atoms with Gasteiger partial charge in [0.2, 0.25) is 11.8 Å². The van der Waals surface area contributed by atoms with Crippen molar-refractivity contribution in [1.82, 2.24) is 14.8 Å². The van der Waals surface area contributed by atoms with E-state index in [0.717, 1.165) is 36.9 Å². The highest BCUT2D eigenvalue weighted by Crippen LogP contribution is 2.43. The van der Waals surface area contributed by atoms with Gasteiger partial charge in [0.05, 0.1) is 6.42 Å². The number of hydrogen-bond donors (Lipinski definition) is 0. The maximum Gasteiger partial charge on any atom is 0.227 e. The van der Waals surface area contributed by atoms with E-state index in [-0.39, 0.29) is 17.9 Å². The van der Waals surface area contributed by atoms with Crippen LogP contribution < -0.4 is 0 Å². The predicted octanol–water partition coefficient (Wildman–Crippen LogP) is 2.82. The molecule has 26 heavy (non-hydrogen) atoms. The number of aryl methyl sites for hydroxylation is 1. The highest BCUT2D eigenvalue weighted by atomic mass is 16.2. The molecule has 3 rings (SSSR count). The SMILES string of the molecule is CCCC1CN(C(=O)Cc2cccnc2C)CCN1C(=O)[C@@H]1C[C@H]1CC. The third-order valence-electron chi connectivity index (χ3n) is 5.96. The van der Waals surface area contributed by atoms with Crippen LogP contribution in [0.15, 0.2) is 18.3 Å². The topological polar surface area (TPSA) is 53.5 Å². The molecule has 1 aliphatic carbocycles. The first kappa shape index (κ1) is 18.9. The summed E-state index contributed by atoms with van der Waals surface area (Å²) in [4.78, 5) is 33.9. The second-order valence-corrected chi connectivity index (χ2v) is 7.75. The van der Waals surface area contributed by atoms with Gasteiger partial charge in [-0.05, 0) is 37.3 Å². The van der Waals surface area contributed by atoms with Gasteiger partial charge in [0.1, 0.15) is 0 Å². The van der Waals surface area contributed by atoms with E-state index in [0.29, 0.717) is 37.9 Å². The smallest absolute Gasteiger partial charge is 0.227 e. The van der Waals surface area contributed by atoms with E-state index in [4.69, 9.17) is 0 Å². The van der Waals surface area contributed by atoms with Crippen LogP contribution in [0.4, 0.5) is 0 Å². The summed E-state index contributed by atoms with van der Waals surface area (Å²) in [7, 11) is 0. The molecule has 2 aliphatic rings. The number of hydrogen-bond acceptors (Lipinski definition) is 3. The summed E-state index contributed by atoms with van der Waals surface area (Å²) in [5.41, 5.74) is 1.91. The van der Waals surface area contributed by atoms with E-state index in [9.17, 15) is 9.59 Å². The Bertz CT molecular complexity index is 660. The highest BCUT2D eigenvalue weighted by Gasteiger charge is 2.45. The molecule has 2 heterocycles. The molecule has 5 nitrogen and oxygen atoms in total. The largest absolute Gasteiger partial charge is 0.339 e. The van der Waals surface area contributed by atoms with Crippen molar-refractivity contribution in [3.05, 3.63) is 29.6 Å². The molecule has 2 amide bonds. The zero-order valence-corrected chi connectivity index (χ0v) is 16.3. The number of aromatic nitrogens is 1. The highest BCUT2D eigenvalue weighted by molar-refractivity contribution is 5.83. The van der Waals surface area contributed by atoms with E-state index >= 15 is 0 Å². The Labute approximate surface area is 156 Å². The Morgan fingerprint density at radius 1 is 1.27 bits per heavy atom. The lowest BCUT2D eigenvalue weighted by atomic mass is 10.0. The second kappa shape index (κ2) is 8.19. The van der Waals surface area contributed by atoms with Gasteiger partial charge in [-0.3, -0.25) is 14.6 Å². The first-order valence-electron chi connectivity index (χ1n) is 10.0. The molecule has 1 unspecified atom stereocenters. The molecule has 1 saturated carbocycles. The molecule has 1 aromatic heterocycles. The van der Waals surface area contributed by atoms with Gasteiger partial charge in [0.15, 0.2) is 0 Å². The van der Waals surface area contributed by atoms with Crippen LogP contribution >= 0.6 is 0 Å².